The molecule has 2 aromatic carbocycles. The Bertz CT molecular complexity index is 942. The van der Waals surface area contributed by atoms with Crippen molar-refractivity contribution < 1.29 is 23.7 Å². The van der Waals surface area contributed by atoms with E-state index in [1.165, 1.54) is 0 Å². The van der Waals surface area contributed by atoms with Gasteiger partial charge in [0.25, 0.3) is 0 Å². The van der Waals surface area contributed by atoms with Crippen LogP contribution in [0.5, 0.6) is 5.75 Å². The standard InChI is InChI=1S/C26H28O5/c1-3-28-25(29-4-2)24-22(17-27)26(15-14-23(24)31-26)16-19-10-12-21(13-11-19)30-18-20-8-6-5-7-9-20/h5-15,17,23,25H,3-4,16,18H2,1-2H3. The molecule has 0 radical (unpaired) electrons. The third-order valence-electron chi connectivity index (χ3n) is 5.60. The molecule has 162 valence electrons. The molecular formula is C26H28O5. The van der Waals surface area contributed by atoms with Crippen molar-refractivity contribution >= 4 is 6.29 Å². The molecule has 0 amide bonds. The third kappa shape index (κ3) is 4.49. The molecule has 2 heterocycles. The highest BCUT2D eigenvalue weighted by Crippen LogP contribution is 2.46. The van der Waals surface area contributed by atoms with Crippen LogP contribution in [0, 0.1) is 0 Å². The molecule has 0 saturated carbocycles. The molecule has 2 unspecified atom stereocenters. The molecule has 0 aliphatic carbocycles. The predicted octanol–water partition coefficient (Wildman–Crippen LogP) is 4.41. The van der Waals surface area contributed by atoms with E-state index >= 15 is 0 Å². The highest BCUT2D eigenvalue weighted by Gasteiger charge is 2.51. The number of carbonyl (C=O) groups excluding carboxylic acids is 1. The minimum atomic E-state index is -0.777. The monoisotopic (exact) mass is 420 g/mol. The molecule has 31 heavy (non-hydrogen) atoms. The quantitative estimate of drug-likeness (QED) is 0.306. The predicted molar refractivity (Wildman–Crippen MR) is 118 cm³/mol. The lowest BCUT2D eigenvalue weighted by molar-refractivity contribution is -0.118. The van der Waals surface area contributed by atoms with Crippen LogP contribution in [0.4, 0.5) is 0 Å². The fraction of sp³-hybridized carbons (Fsp3) is 0.346. The SMILES string of the molecule is CCOC(OCC)C1=C(C=O)C2(Cc3ccc(OCc4ccccc4)cc3)C=CC1O2. The average molecular weight is 421 g/mol. The molecule has 2 bridgehead atoms. The lowest BCUT2D eigenvalue weighted by atomic mass is 9.83. The van der Waals surface area contributed by atoms with E-state index in [2.05, 4.69) is 0 Å². The van der Waals surface area contributed by atoms with Crippen molar-refractivity contribution in [1.82, 2.24) is 0 Å². The molecule has 2 aliphatic rings. The second kappa shape index (κ2) is 9.60. The van der Waals surface area contributed by atoms with Crippen LogP contribution in [-0.4, -0.2) is 37.5 Å². The maximum atomic E-state index is 12.1. The Morgan fingerprint density at radius 1 is 1.00 bits per heavy atom. The first-order chi connectivity index (χ1) is 15.2. The fourth-order valence-electron chi connectivity index (χ4n) is 4.17. The smallest absolute Gasteiger partial charge is 0.183 e. The Hall–Kier alpha value is -2.73. The van der Waals surface area contributed by atoms with Gasteiger partial charge in [-0.25, -0.2) is 0 Å². The Labute approximate surface area is 183 Å². The van der Waals surface area contributed by atoms with Gasteiger partial charge in [-0.05, 0) is 43.2 Å². The number of fused-ring (bicyclic) bond motifs is 2. The summed E-state index contributed by atoms with van der Waals surface area (Å²) < 4.78 is 23.7. The first-order valence-electron chi connectivity index (χ1n) is 10.7. The van der Waals surface area contributed by atoms with E-state index in [9.17, 15) is 4.79 Å². The summed E-state index contributed by atoms with van der Waals surface area (Å²) in [5.41, 5.74) is 2.79. The van der Waals surface area contributed by atoms with Crippen LogP contribution in [0.2, 0.25) is 0 Å². The van der Waals surface area contributed by atoms with Crippen LogP contribution in [0.25, 0.3) is 0 Å². The van der Waals surface area contributed by atoms with Gasteiger partial charge in [-0.1, -0.05) is 48.5 Å². The Morgan fingerprint density at radius 2 is 1.71 bits per heavy atom. The van der Waals surface area contributed by atoms with Crippen LogP contribution >= 0.6 is 0 Å². The summed E-state index contributed by atoms with van der Waals surface area (Å²) >= 11 is 0. The van der Waals surface area contributed by atoms with Gasteiger partial charge in [0.1, 0.15) is 30.3 Å². The zero-order valence-corrected chi connectivity index (χ0v) is 18.0. The van der Waals surface area contributed by atoms with Gasteiger partial charge in [-0.15, -0.1) is 0 Å². The van der Waals surface area contributed by atoms with E-state index in [0.717, 1.165) is 28.7 Å². The second-order valence-corrected chi connectivity index (χ2v) is 7.61. The molecule has 0 spiro atoms. The summed E-state index contributed by atoms with van der Waals surface area (Å²) in [5, 5.41) is 0. The minimum Gasteiger partial charge on any atom is -0.489 e. The molecule has 4 rings (SSSR count). The molecule has 2 aromatic rings. The molecule has 5 nitrogen and oxygen atoms in total. The van der Waals surface area contributed by atoms with Crippen LogP contribution in [0.3, 0.4) is 0 Å². The van der Waals surface area contributed by atoms with Crippen molar-refractivity contribution in [2.24, 2.45) is 0 Å². The summed E-state index contributed by atoms with van der Waals surface area (Å²) in [7, 11) is 0. The van der Waals surface area contributed by atoms with Crippen molar-refractivity contribution in [1.29, 1.82) is 0 Å². The first kappa shape index (κ1) is 21.5. The molecule has 0 aromatic heterocycles. The summed E-state index contributed by atoms with van der Waals surface area (Å²) in [5.74, 6) is 0.803. The minimum absolute atomic E-state index is 0.295. The van der Waals surface area contributed by atoms with Crippen molar-refractivity contribution in [3.63, 3.8) is 0 Å². The summed E-state index contributed by atoms with van der Waals surface area (Å²) in [6, 6.07) is 18.0. The van der Waals surface area contributed by atoms with Crippen molar-refractivity contribution in [3.8, 4) is 5.75 Å². The van der Waals surface area contributed by atoms with Gasteiger partial charge in [0.2, 0.25) is 0 Å². The number of benzene rings is 2. The van der Waals surface area contributed by atoms with E-state index in [1.807, 2.05) is 80.6 Å². The van der Waals surface area contributed by atoms with E-state index in [4.69, 9.17) is 18.9 Å². The van der Waals surface area contributed by atoms with Gasteiger partial charge in [0.05, 0.1) is 0 Å². The molecule has 5 heteroatoms. The third-order valence-corrected chi connectivity index (χ3v) is 5.60. The maximum absolute atomic E-state index is 12.1. The van der Waals surface area contributed by atoms with Crippen molar-refractivity contribution in [2.75, 3.05) is 13.2 Å². The maximum Gasteiger partial charge on any atom is 0.183 e. The molecule has 2 atom stereocenters. The summed E-state index contributed by atoms with van der Waals surface area (Å²) in [6.45, 7) is 5.33. The fourth-order valence-corrected chi connectivity index (χ4v) is 4.17. The Balaban J connectivity index is 1.49. The number of aldehydes is 1. The van der Waals surface area contributed by atoms with Crippen LogP contribution in [-0.2, 0) is 32.0 Å². The highest BCUT2D eigenvalue weighted by molar-refractivity contribution is 5.82. The van der Waals surface area contributed by atoms with Crippen molar-refractivity contribution in [3.05, 3.63) is 89.0 Å². The Morgan fingerprint density at radius 3 is 2.35 bits per heavy atom. The largest absolute Gasteiger partial charge is 0.489 e. The van der Waals surface area contributed by atoms with E-state index in [-0.39, 0.29) is 6.10 Å². The lowest BCUT2D eigenvalue weighted by Crippen LogP contribution is -2.32. The number of rotatable bonds is 11. The molecule has 0 fully saturated rings. The van der Waals surface area contributed by atoms with E-state index in [1.54, 1.807) is 0 Å². The van der Waals surface area contributed by atoms with Gasteiger partial charge in [-0.3, -0.25) is 4.79 Å². The average Bonchev–Trinajstić information content (AvgIpc) is 3.35. The number of hydrogen-bond donors (Lipinski definition) is 0. The molecule has 2 aliphatic heterocycles. The van der Waals surface area contributed by atoms with Crippen LogP contribution < -0.4 is 4.74 Å². The van der Waals surface area contributed by atoms with Crippen LogP contribution in [0.15, 0.2) is 77.9 Å². The first-order valence-corrected chi connectivity index (χ1v) is 10.7. The molecule has 0 N–H and O–H groups in total. The van der Waals surface area contributed by atoms with Gasteiger partial charge in [0.15, 0.2) is 6.29 Å². The normalized spacial score (nSPS) is 21.8. The summed E-state index contributed by atoms with van der Waals surface area (Å²) in [4.78, 5) is 12.1. The summed E-state index contributed by atoms with van der Waals surface area (Å²) in [6.07, 6.45) is 4.56. The number of hydrogen-bond acceptors (Lipinski definition) is 5. The van der Waals surface area contributed by atoms with Crippen LogP contribution in [0.1, 0.15) is 25.0 Å². The van der Waals surface area contributed by atoms with E-state index in [0.29, 0.717) is 31.8 Å². The highest BCUT2D eigenvalue weighted by atomic mass is 16.7. The van der Waals surface area contributed by atoms with Gasteiger partial charge < -0.3 is 18.9 Å². The lowest BCUT2D eigenvalue weighted by Gasteiger charge is -2.25. The van der Waals surface area contributed by atoms with Gasteiger partial charge in [0, 0.05) is 30.8 Å². The van der Waals surface area contributed by atoms with Crippen molar-refractivity contribution in [2.45, 2.75) is 44.9 Å². The van der Waals surface area contributed by atoms with E-state index < -0.39 is 11.9 Å². The second-order valence-electron chi connectivity index (χ2n) is 7.61. The van der Waals surface area contributed by atoms with Gasteiger partial charge in [-0.2, -0.15) is 0 Å². The van der Waals surface area contributed by atoms with Gasteiger partial charge >= 0.3 is 0 Å². The zero-order chi connectivity index (χ0) is 21.7. The number of ether oxygens (including phenoxy) is 4. The zero-order valence-electron chi connectivity index (χ0n) is 18.0. The number of carbonyl (C=O) groups is 1. The molecular weight excluding hydrogens is 392 g/mol. The topological polar surface area (TPSA) is 54.0 Å². The Kier molecular flexibility index (Phi) is 6.66. The molecule has 0 saturated heterocycles.